The van der Waals surface area contributed by atoms with Crippen LogP contribution >= 0.6 is 0 Å². The Morgan fingerprint density at radius 2 is 1.92 bits per heavy atom. The largest absolute Gasteiger partial charge is 0.444 e. The minimum absolute atomic E-state index is 0.0669. The van der Waals surface area contributed by atoms with Gasteiger partial charge in [0.25, 0.3) is 5.91 Å². The number of carbonyl (C=O) groups is 2. The van der Waals surface area contributed by atoms with Crippen LogP contribution in [-0.2, 0) is 16.1 Å². The Hall–Kier alpha value is -2.08. The summed E-state index contributed by atoms with van der Waals surface area (Å²) in [4.78, 5) is 26.2. The van der Waals surface area contributed by atoms with E-state index in [-0.39, 0.29) is 18.0 Å². The fraction of sp³-hybridized carbons (Fsp3) is 0.579. The third-order valence-corrected chi connectivity index (χ3v) is 3.98. The van der Waals surface area contributed by atoms with Crippen LogP contribution in [0.3, 0.4) is 0 Å². The predicted octanol–water partition coefficient (Wildman–Crippen LogP) is 2.96. The molecule has 2 rings (SSSR count). The van der Waals surface area contributed by atoms with Crippen LogP contribution in [0.25, 0.3) is 0 Å². The second-order valence-corrected chi connectivity index (χ2v) is 7.35. The molecule has 2 amide bonds. The summed E-state index contributed by atoms with van der Waals surface area (Å²) >= 11 is 0. The second kappa shape index (κ2) is 8.34. The van der Waals surface area contributed by atoms with Gasteiger partial charge in [0.15, 0.2) is 0 Å². The fourth-order valence-electron chi connectivity index (χ4n) is 2.77. The van der Waals surface area contributed by atoms with E-state index in [9.17, 15) is 9.59 Å². The maximum atomic E-state index is 12.4. The van der Waals surface area contributed by atoms with E-state index in [1.807, 2.05) is 39.0 Å². The number of ether oxygens (including phenoxy) is 2. The van der Waals surface area contributed by atoms with Crippen LogP contribution < -0.4 is 5.32 Å². The van der Waals surface area contributed by atoms with Crippen molar-refractivity contribution in [3.63, 3.8) is 0 Å². The maximum absolute atomic E-state index is 12.4. The van der Waals surface area contributed by atoms with Gasteiger partial charge in [0, 0.05) is 31.8 Å². The molecule has 1 aliphatic rings. The highest BCUT2D eigenvalue weighted by molar-refractivity contribution is 5.94. The number of benzene rings is 1. The quantitative estimate of drug-likeness (QED) is 0.908. The first-order chi connectivity index (χ1) is 11.8. The van der Waals surface area contributed by atoms with Gasteiger partial charge >= 0.3 is 6.09 Å². The molecule has 6 nitrogen and oxygen atoms in total. The molecule has 0 spiro atoms. The van der Waals surface area contributed by atoms with E-state index in [0.717, 1.165) is 18.4 Å². The van der Waals surface area contributed by atoms with Gasteiger partial charge in [-0.2, -0.15) is 0 Å². The molecule has 0 aromatic heterocycles. The van der Waals surface area contributed by atoms with Crippen LogP contribution in [0.1, 0.15) is 49.5 Å². The van der Waals surface area contributed by atoms with Crippen LogP contribution in [-0.4, -0.2) is 48.7 Å². The molecule has 1 saturated heterocycles. The average Bonchev–Trinajstić information content (AvgIpc) is 2.54. The monoisotopic (exact) mass is 348 g/mol. The Bertz CT molecular complexity index is 602. The molecule has 1 N–H and O–H groups in total. The molecule has 6 heteroatoms. The molecule has 0 unspecified atom stereocenters. The van der Waals surface area contributed by atoms with E-state index in [1.165, 1.54) is 0 Å². The Labute approximate surface area is 149 Å². The molecule has 0 bridgehead atoms. The number of rotatable bonds is 4. The first kappa shape index (κ1) is 19.2. The van der Waals surface area contributed by atoms with Crippen molar-refractivity contribution in [2.75, 3.05) is 20.2 Å². The topological polar surface area (TPSA) is 67.9 Å². The van der Waals surface area contributed by atoms with Crippen molar-refractivity contribution in [2.24, 2.45) is 0 Å². The van der Waals surface area contributed by atoms with Gasteiger partial charge < -0.3 is 19.7 Å². The maximum Gasteiger partial charge on any atom is 0.410 e. The minimum Gasteiger partial charge on any atom is -0.444 e. The zero-order chi connectivity index (χ0) is 18.4. The van der Waals surface area contributed by atoms with Gasteiger partial charge in [0.1, 0.15) is 5.60 Å². The lowest BCUT2D eigenvalue weighted by Crippen LogP contribution is -2.47. The van der Waals surface area contributed by atoms with Gasteiger partial charge in [-0.05, 0) is 51.3 Å². The van der Waals surface area contributed by atoms with Crippen molar-refractivity contribution in [1.29, 1.82) is 0 Å². The molecule has 0 radical (unpaired) electrons. The number of methoxy groups -OCH3 is 1. The minimum atomic E-state index is -0.491. The smallest absolute Gasteiger partial charge is 0.410 e. The lowest BCUT2D eigenvalue weighted by atomic mass is 10.0. The van der Waals surface area contributed by atoms with Crippen LogP contribution in [0.4, 0.5) is 4.79 Å². The highest BCUT2D eigenvalue weighted by atomic mass is 16.6. The molecule has 1 aromatic carbocycles. The zero-order valence-electron chi connectivity index (χ0n) is 15.5. The van der Waals surface area contributed by atoms with Crippen LogP contribution in [0.15, 0.2) is 24.3 Å². The summed E-state index contributed by atoms with van der Waals surface area (Å²) in [7, 11) is 1.63. The number of piperidine rings is 1. The molecule has 1 aromatic rings. The normalized spacial score (nSPS) is 15.8. The van der Waals surface area contributed by atoms with E-state index in [0.29, 0.717) is 25.3 Å². The first-order valence-electron chi connectivity index (χ1n) is 8.65. The molecule has 1 heterocycles. The van der Waals surface area contributed by atoms with Crippen molar-refractivity contribution >= 4 is 12.0 Å². The third kappa shape index (κ3) is 6.05. The highest BCUT2D eigenvalue weighted by Crippen LogP contribution is 2.16. The summed E-state index contributed by atoms with van der Waals surface area (Å²) in [5.74, 6) is -0.0892. The van der Waals surface area contributed by atoms with E-state index in [4.69, 9.17) is 9.47 Å². The van der Waals surface area contributed by atoms with Gasteiger partial charge in [-0.1, -0.05) is 12.1 Å². The van der Waals surface area contributed by atoms with Crippen molar-refractivity contribution in [3.8, 4) is 0 Å². The second-order valence-electron chi connectivity index (χ2n) is 7.35. The molecular weight excluding hydrogens is 320 g/mol. The number of carbonyl (C=O) groups excluding carboxylic acids is 2. The summed E-state index contributed by atoms with van der Waals surface area (Å²) < 4.78 is 10.5. The van der Waals surface area contributed by atoms with Gasteiger partial charge in [-0.3, -0.25) is 4.79 Å². The van der Waals surface area contributed by atoms with Gasteiger partial charge in [0.05, 0.1) is 6.61 Å². The van der Waals surface area contributed by atoms with E-state index in [2.05, 4.69) is 5.32 Å². The lowest BCUT2D eigenvalue weighted by Gasteiger charge is -2.33. The highest BCUT2D eigenvalue weighted by Gasteiger charge is 2.27. The summed E-state index contributed by atoms with van der Waals surface area (Å²) in [5.41, 5.74) is 1.11. The Morgan fingerprint density at radius 3 is 2.52 bits per heavy atom. The lowest BCUT2D eigenvalue weighted by molar-refractivity contribution is 0.0199. The number of hydrogen-bond donors (Lipinski definition) is 1. The van der Waals surface area contributed by atoms with Crippen molar-refractivity contribution < 1.29 is 19.1 Å². The molecule has 0 saturated carbocycles. The summed E-state index contributed by atoms with van der Waals surface area (Å²) in [6, 6.07) is 7.49. The third-order valence-electron chi connectivity index (χ3n) is 3.98. The summed E-state index contributed by atoms with van der Waals surface area (Å²) in [5, 5.41) is 3.05. The Balaban J connectivity index is 1.84. The van der Waals surface area contributed by atoms with Crippen molar-refractivity contribution in [2.45, 2.75) is 51.9 Å². The number of nitrogens with one attached hydrogen (secondary N) is 1. The molecule has 0 aliphatic carbocycles. The number of likely N-dealkylation sites (tertiary alicyclic amines) is 1. The van der Waals surface area contributed by atoms with E-state index in [1.54, 1.807) is 18.1 Å². The van der Waals surface area contributed by atoms with Crippen LogP contribution in [0.2, 0.25) is 0 Å². The standard InChI is InChI=1S/C19H28N2O4/c1-19(2,3)25-18(23)21-10-8-16(9-11-21)20-17(22)15-7-5-6-14(12-15)13-24-4/h5-7,12,16H,8-11,13H2,1-4H3,(H,20,22). The average molecular weight is 348 g/mol. The Kier molecular flexibility index (Phi) is 6.42. The predicted molar refractivity (Wildman–Crippen MR) is 95.5 cm³/mol. The molecule has 25 heavy (non-hydrogen) atoms. The van der Waals surface area contributed by atoms with E-state index < -0.39 is 5.60 Å². The van der Waals surface area contributed by atoms with Crippen molar-refractivity contribution in [1.82, 2.24) is 10.2 Å². The summed E-state index contributed by atoms with van der Waals surface area (Å²) in [6.07, 6.45) is 1.16. The number of nitrogens with zero attached hydrogens (tertiary/aromatic N) is 1. The Morgan fingerprint density at radius 1 is 1.24 bits per heavy atom. The number of hydrogen-bond acceptors (Lipinski definition) is 4. The SMILES string of the molecule is COCc1cccc(C(=O)NC2CCN(C(=O)OC(C)(C)C)CC2)c1. The first-order valence-corrected chi connectivity index (χ1v) is 8.65. The van der Waals surface area contributed by atoms with Crippen LogP contribution in [0, 0.1) is 0 Å². The van der Waals surface area contributed by atoms with E-state index >= 15 is 0 Å². The molecule has 138 valence electrons. The van der Waals surface area contributed by atoms with Gasteiger partial charge in [0.2, 0.25) is 0 Å². The van der Waals surface area contributed by atoms with Gasteiger partial charge in [-0.15, -0.1) is 0 Å². The van der Waals surface area contributed by atoms with Crippen molar-refractivity contribution in [3.05, 3.63) is 35.4 Å². The zero-order valence-corrected chi connectivity index (χ0v) is 15.5. The molecular formula is C19H28N2O4. The molecule has 1 aliphatic heterocycles. The van der Waals surface area contributed by atoms with Crippen LogP contribution in [0.5, 0.6) is 0 Å². The summed E-state index contributed by atoms with van der Waals surface area (Å²) in [6.45, 7) is 7.23. The molecule has 1 fully saturated rings. The number of amides is 2. The molecule has 0 atom stereocenters. The van der Waals surface area contributed by atoms with Gasteiger partial charge in [-0.25, -0.2) is 4.79 Å². The fourth-order valence-corrected chi connectivity index (χ4v) is 2.77.